The molecule has 1 aliphatic rings. The molecule has 7 nitrogen and oxygen atoms in total. The van der Waals surface area contributed by atoms with Gasteiger partial charge in [0.15, 0.2) is 0 Å². The number of benzene rings is 2. The van der Waals surface area contributed by atoms with Crippen LogP contribution in [0.4, 0.5) is 5.69 Å². The zero-order chi connectivity index (χ0) is 20.1. The molecule has 2 aromatic carbocycles. The minimum atomic E-state index is -3.71. The average Bonchev–Trinajstić information content (AvgIpc) is 2.67. The molecule has 1 N–H and O–H groups in total. The van der Waals surface area contributed by atoms with E-state index in [0.29, 0.717) is 30.9 Å². The first-order valence-corrected chi connectivity index (χ1v) is 10.5. The lowest BCUT2D eigenvalue weighted by atomic mass is 10.2. The first-order valence-electron chi connectivity index (χ1n) is 9.13. The number of nitrogens with one attached hydrogen (secondary N) is 1. The van der Waals surface area contributed by atoms with Crippen LogP contribution in [0.15, 0.2) is 48.5 Å². The van der Waals surface area contributed by atoms with Crippen molar-refractivity contribution in [2.45, 2.75) is 19.9 Å². The van der Waals surface area contributed by atoms with E-state index in [1.54, 1.807) is 19.2 Å². The van der Waals surface area contributed by atoms with Crippen LogP contribution in [0.2, 0.25) is 0 Å². The highest BCUT2D eigenvalue weighted by Gasteiger charge is 2.34. The van der Waals surface area contributed by atoms with Crippen molar-refractivity contribution in [2.24, 2.45) is 0 Å². The Labute approximate surface area is 166 Å². The van der Waals surface area contributed by atoms with Gasteiger partial charge in [0.1, 0.15) is 5.75 Å². The van der Waals surface area contributed by atoms with Crippen molar-refractivity contribution < 1.29 is 17.9 Å². The number of hydrogen-bond acceptors (Lipinski definition) is 4. The normalized spacial score (nSPS) is 17.2. The molecule has 0 bridgehead atoms. The maximum Gasteiger partial charge on any atom is 0.282 e. The summed E-state index contributed by atoms with van der Waals surface area (Å²) in [5, 5.41) is 2.75. The summed E-state index contributed by atoms with van der Waals surface area (Å²) in [4.78, 5) is 12.3. The second-order valence-electron chi connectivity index (χ2n) is 6.79. The number of anilines is 1. The van der Waals surface area contributed by atoms with Gasteiger partial charge in [0.2, 0.25) is 5.91 Å². The van der Waals surface area contributed by atoms with Gasteiger partial charge < -0.3 is 10.1 Å². The molecule has 150 valence electrons. The average molecular weight is 404 g/mol. The first-order chi connectivity index (χ1) is 13.4. The van der Waals surface area contributed by atoms with Crippen LogP contribution in [-0.4, -0.2) is 49.7 Å². The van der Waals surface area contributed by atoms with Gasteiger partial charge in [-0.05, 0) is 43.2 Å². The van der Waals surface area contributed by atoms with E-state index in [1.165, 1.54) is 8.61 Å². The second kappa shape index (κ2) is 8.72. The van der Waals surface area contributed by atoms with Gasteiger partial charge in [0, 0.05) is 25.3 Å². The van der Waals surface area contributed by atoms with Crippen LogP contribution in [0, 0.1) is 6.92 Å². The summed E-state index contributed by atoms with van der Waals surface area (Å²) in [6, 6.07) is 14.7. The summed E-state index contributed by atoms with van der Waals surface area (Å²) in [5.41, 5.74) is 2.58. The summed E-state index contributed by atoms with van der Waals surface area (Å²) < 4.78 is 33.7. The van der Waals surface area contributed by atoms with E-state index in [4.69, 9.17) is 4.74 Å². The number of amides is 1. The van der Waals surface area contributed by atoms with Gasteiger partial charge in [-0.1, -0.05) is 29.8 Å². The van der Waals surface area contributed by atoms with Crippen molar-refractivity contribution >= 4 is 21.8 Å². The molecule has 1 aliphatic heterocycles. The van der Waals surface area contributed by atoms with E-state index in [1.807, 2.05) is 43.3 Å². The fraction of sp³-hybridized carbons (Fsp3) is 0.350. The summed E-state index contributed by atoms with van der Waals surface area (Å²) in [5.74, 6) is 0.330. The van der Waals surface area contributed by atoms with E-state index >= 15 is 0 Å². The Morgan fingerprint density at radius 2 is 1.82 bits per heavy atom. The number of methoxy groups -OCH3 is 1. The third-order valence-electron chi connectivity index (χ3n) is 4.62. The molecule has 1 fully saturated rings. The largest absolute Gasteiger partial charge is 0.497 e. The van der Waals surface area contributed by atoms with Gasteiger partial charge in [-0.3, -0.25) is 4.79 Å². The van der Waals surface area contributed by atoms with E-state index in [-0.39, 0.29) is 19.0 Å². The molecule has 0 saturated carbocycles. The fourth-order valence-electron chi connectivity index (χ4n) is 3.11. The van der Waals surface area contributed by atoms with Gasteiger partial charge >= 0.3 is 0 Å². The van der Waals surface area contributed by atoms with Gasteiger partial charge in [-0.25, -0.2) is 0 Å². The summed E-state index contributed by atoms with van der Waals surface area (Å²) in [6.45, 7) is 2.76. The van der Waals surface area contributed by atoms with Gasteiger partial charge in [-0.15, -0.1) is 0 Å². The molecule has 0 atom stereocenters. The Morgan fingerprint density at radius 3 is 2.54 bits per heavy atom. The van der Waals surface area contributed by atoms with Crippen LogP contribution < -0.4 is 10.1 Å². The second-order valence-corrected chi connectivity index (χ2v) is 8.72. The number of nitrogens with zero attached hydrogens (tertiary/aromatic N) is 2. The maximum atomic E-state index is 12.9. The smallest absolute Gasteiger partial charge is 0.282 e. The molecular formula is C20H25N3O4S. The molecule has 3 rings (SSSR count). The molecule has 0 spiro atoms. The highest BCUT2D eigenvalue weighted by Crippen LogP contribution is 2.21. The Balaban J connectivity index is 1.66. The van der Waals surface area contributed by atoms with Crippen LogP contribution in [-0.2, 0) is 21.5 Å². The Bertz CT molecular complexity index is 929. The molecule has 0 unspecified atom stereocenters. The van der Waals surface area contributed by atoms with E-state index in [2.05, 4.69) is 5.32 Å². The Hall–Kier alpha value is -2.42. The third kappa shape index (κ3) is 4.89. The van der Waals surface area contributed by atoms with E-state index in [9.17, 15) is 13.2 Å². The lowest BCUT2D eigenvalue weighted by Gasteiger charge is -2.34. The van der Waals surface area contributed by atoms with Crippen LogP contribution in [0.1, 0.15) is 17.5 Å². The van der Waals surface area contributed by atoms with Crippen LogP contribution in [0.5, 0.6) is 5.75 Å². The molecule has 0 aliphatic carbocycles. The third-order valence-corrected chi connectivity index (χ3v) is 6.54. The number of aryl methyl sites for hydroxylation is 1. The van der Waals surface area contributed by atoms with Crippen LogP contribution in [0.3, 0.4) is 0 Å². The zero-order valence-electron chi connectivity index (χ0n) is 16.1. The molecule has 1 amide bonds. The number of hydrogen-bond donors (Lipinski definition) is 1. The van der Waals surface area contributed by atoms with Crippen LogP contribution in [0.25, 0.3) is 0 Å². The SMILES string of the molecule is COc1cccc(CN2CCCN(CC(=O)Nc3ccc(C)cc3)S2(=O)=O)c1. The minimum Gasteiger partial charge on any atom is -0.497 e. The summed E-state index contributed by atoms with van der Waals surface area (Å²) in [6.07, 6.45) is 0.668. The van der Waals surface area contributed by atoms with Crippen LogP contribution >= 0.6 is 0 Å². The summed E-state index contributed by atoms with van der Waals surface area (Å²) in [7, 11) is -2.14. The van der Waals surface area contributed by atoms with Gasteiger partial charge in [0.25, 0.3) is 10.2 Å². The van der Waals surface area contributed by atoms with Crippen molar-refractivity contribution in [3.8, 4) is 5.75 Å². The predicted molar refractivity (Wildman–Crippen MR) is 108 cm³/mol. The topological polar surface area (TPSA) is 79.0 Å². The minimum absolute atomic E-state index is 0.204. The molecule has 0 radical (unpaired) electrons. The lowest BCUT2D eigenvalue weighted by Crippen LogP contribution is -2.51. The highest BCUT2D eigenvalue weighted by molar-refractivity contribution is 7.86. The maximum absolute atomic E-state index is 12.9. The van der Waals surface area contributed by atoms with E-state index in [0.717, 1.165) is 11.1 Å². The number of rotatable bonds is 6. The van der Waals surface area contributed by atoms with E-state index < -0.39 is 10.2 Å². The number of carbonyl (C=O) groups excluding carboxylic acids is 1. The number of ether oxygens (including phenoxy) is 1. The molecule has 28 heavy (non-hydrogen) atoms. The molecule has 8 heteroatoms. The highest BCUT2D eigenvalue weighted by atomic mass is 32.2. The molecule has 1 saturated heterocycles. The monoisotopic (exact) mass is 403 g/mol. The summed E-state index contributed by atoms with van der Waals surface area (Å²) >= 11 is 0. The first kappa shape index (κ1) is 20.3. The molecule has 1 heterocycles. The molecule has 0 aromatic heterocycles. The lowest BCUT2D eigenvalue weighted by molar-refractivity contribution is -0.116. The Kier molecular flexibility index (Phi) is 6.33. The standard InChI is InChI=1S/C20H25N3O4S/c1-16-7-9-18(10-8-16)21-20(24)15-23-12-4-11-22(28(23,25)26)14-17-5-3-6-19(13-17)27-2/h3,5-10,13H,4,11-12,14-15H2,1-2H3,(H,21,24). The predicted octanol–water partition coefficient (Wildman–Crippen LogP) is 2.39. The number of carbonyl (C=O) groups is 1. The van der Waals surface area contributed by atoms with Crippen molar-refractivity contribution in [1.82, 2.24) is 8.61 Å². The quantitative estimate of drug-likeness (QED) is 0.803. The molecule has 2 aromatic rings. The van der Waals surface area contributed by atoms with Crippen molar-refractivity contribution in [3.63, 3.8) is 0 Å². The van der Waals surface area contributed by atoms with Gasteiger partial charge in [-0.2, -0.15) is 17.0 Å². The fourth-order valence-corrected chi connectivity index (χ4v) is 4.75. The van der Waals surface area contributed by atoms with Crippen molar-refractivity contribution in [2.75, 3.05) is 32.1 Å². The molecular weight excluding hydrogens is 378 g/mol. The van der Waals surface area contributed by atoms with Crippen molar-refractivity contribution in [3.05, 3.63) is 59.7 Å². The Morgan fingerprint density at radius 1 is 1.11 bits per heavy atom. The zero-order valence-corrected chi connectivity index (χ0v) is 16.9. The van der Waals surface area contributed by atoms with Crippen molar-refractivity contribution in [1.29, 1.82) is 0 Å². The van der Waals surface area contributed by atoms with Gasteiger partial charge in [0.05, 0.1) is 13.7 Å².